The van der Waals surface area contributed by atoms with Crippen molar-refractivity contribution in [1.29, 1.82) is 0 Å². The lowest BCUT2D eigenvalue weighted by atomic mass is 9.89. The van der Waals surface area contributed by atoms with Crippen LogP contribution in [0.15, 0.2) is 59.5 Å². The lowest BCUT2D eigenvalue weighted by Gasteiger charge is -2.24. The second-order valence-electron chi connectivity index (χ2n) is 6.53. The molecule has 2 atom stereocenters. The normalized spacial score (nSPS) is 23.4. The molecular formula is C19H19Cl2NO3S. The van der Waals surface area contributed by atoms with Crippen LogP contribution in [-0.4, -0.2) is 35.9 Å². The lowest BCUT2D eigenvalue weighted by molar-refractivity contribution is -0.126. The highest BCUT2D eigenvalue weighted by molar-refractivity contribution is 7.89. The molecule has 0 radical (unpaired) electrons. The summed E-state index contributed by atoms with van der Waals surface area (Å²) >= 11 is 12.7. The smallest absolute Gasteiger partial charge is 0.266 e. The molecule has 0 saturated carbocycles. The second kappa shape index (κ2) is 7.22. The van der Waals surface area contributed by atoms with Gasteiger partial charge in [0.25, 0.3) is 15.9 Å². The molecule has 1 saturated heterocycles. The molecule has 1 aliphatic heterocycles. The third kappa shape index (κ3) is 3.36. The molecule has 0 unspecified atom stereocenters. The van der Waals surface area contributed by atoms with Crippen molar-refractivity contribution in [3.8, 4) is 0 Å². The summed E-state index contributed by atoms with van der Waals surface area (Å²) in [5.74, 6) is -0.991. The van der Waals surface area contributed by atoms with Crippen molar-refractivity contribution in [3.05, 3.63) is 65.7 Å². The molecule has 26 heavy (non-hydrogen) atoms. The number of rotatable bonds is 5. The average molecular weight is 412 g/mol. The maximum absolute atomic E-state index is 13.0. The molecule has 0 aromatic heterocycles. The van der Waals surface area contributed by atoms with Gasteiger partial charge in [-0.15, -0.1) is 23.2 Å². The van der Waals surface area contributed by atoms with E-state index >= 15 is 0 Å². The molecule has 0 bridgehead atoms. The van der Waals surface area contributed by atoms with Gasteiger partial charge in [-0.1, -0.05) is 48.0 Å². The van der Waals surface area contributed by atoms with Crippen LogP contribution < -0.4 is 0 Å². The van der Waals surface area contributed by atoms with Crippen molar-refractivity contribution in [2.75, 3.05) is 12.4 Å². The zero-order valence-electron chi connectivity index (χ0n) is 14.2. The summed E-state index contributed by atoms with van der Waals surface area (Å²) in [6.07, 6.45) is 0.228. The van der Waals surface area contributed by atoms with Crippen molar-refractivity contribution in [2.45, 2.75) is 23.1 Å². The largest absolute Gasteiger partial charge is 0.272 e. The molecule has 1 fully saturated rings. The summed E-state index contributed by atoms with van der Waals surface area (Å²) in [4.78, 5) is 11.7. The molecule has 0 spiro atoms. The fourth-order valence-corrected chi connectivity index (χ4v) is 5.52. The summed E-state index contributed by atoms with van der Waals surface area (Å²) in [6.45, 7) is 1.85. The molecule has 1 aliphatic rings. The van der Waals surface area contributed by atoms with Gasteiger partial charge in [-0.3, -0.25) is 4.79 Å². The van der Waals surface area contributed by atoms with Crippen LogP contribution in [0.3, 0.4) is 0 Å². The number of nitrogens with zero attached hydrogens (tertiary/aromatic N) is 1. The fourth-order valence-electron chi connectivity index (χ4n) is 3.14. The third-order valence-corrected chi connectivity index (χ3v) is 7.45. The van der Waals surface area contributed by atoms with Crippen LogP contribution in [0.25, 0.3) is 0 Å². The monoisotopic (exact) mass is 411 g/mol. The van der Waals surface area contributed by atoms with Gasteiger partial charge in [0.15, 0.2) is 0 Å². The van der Waals surface area contributed by atoms with Gasteiger partial charge in [0.2, 0.25) is 0 Å². The summed E-state index contributed by atoms with van der Waals surface area (Å²) in [6, 6.07) is 15.7. The molecule has 7 heteroatoms. The number of alkyl halides is 2. The van der Waals surface area contributed by atoms with Crippen LogP contribution in [0, 0.1) is 12.8 Å². The van der Waals surface area contributed by atoms with E-state index in [1.807, 2.05) is 37.3 Å². The Hall–Kier alpha value is -1.56. The molecular weight excluding hydrogens is 393 g/mol. The zero-order chi connectivity index (χ0) is 18.9. The van der Waals surface area contributed by atoms with Gasteiger partial charge in [-0.25, -0.2) is 12.7 Å². The summed E-state index contributed by atoms with van der Waals surface area (Å²) in [5, 5.41) is 0. The number of hydrogen-bond donors (Lipinski definition) is 0. The van der Waals surface area contributed by atoms with E-state index in [2.05, 4.69) is 0 Å². The molecule has 1 heterocycles. The Kier molecular flexibility index (Phi) is 5.33. The molecule has 1 amide bonds. The average Bonchev–Trinajstić information content (AvgIpc) is 2.87. The topological polar surface area (TPSA) is 54.5 Å². The molecule has 0 aliphatic carbocycles. The van der Waals surface area contributed by atoms with Crippen molar-refractivity contribution in [3.63, 3.8) is 0 Å². The van der Waals surface area contributed by atoms with Crippen LogP contribution in [0.2, 0.25) is 0 Å². The molecule has 4 nitrogen and oxygen atoms in total. The zero-order valence-corrected chi connectivity index (χ0v) is 16.6. The van der Waals surface area contributed by atoms with E-state index in [1.54, 1.807) is 12.1 Å². The predicted molar refractivity (Wildman–Crippen MR) is 103 cm³/mol. The number of hydrogen-bond acceptors (Lipinski definition) is 3. The first kappa shape index (κ1) is 19.2. The highest BCUT2D eigenvalue weighted by Crippen LogP contribution is 2.41. The van der Waals surface area contributed by atoms with Gasteiger partial charge in [0.1, 0.15) is 4.87 Å². The fraction of sp³-hybridized carbons (Fsp3) is 0.316. The first-order valence-corrected chi connectivity index (χ1v) is 10.6. The number of halogens is 2. The number of carbonyl (C=O) groups excluding carboxylic acids is 1. The van der Waals surface area contributed by atoms with Gasteiger partial charge >= 0.3 is 0 Å². The standard InChI is InChI=1S/C19H19Cl2NO3S/c1-14-7-9-17(10-8-14)26(24,25)22-13-16(12-20)19(21,18(22)23)11-15-5-3-2-4-6-15/h2-10,16H,11-13H2,1H3/t16-,19-/m0/s1. The predicted octanol–water partition coefficient (Wildman–Crippen LogP) is 3.60. The summed E-state index contributed by atoms with van der Waals surface area (Å²) in [5.41, 5.74) is 1.80. The Labute approximate surface area is 163 Å². The number of carbonyl (C=O) groups is 1. The van der Waals surface area contributed by atoms with Crippen molar-refractivity contribution < 1.29 is 13.2 Å². The van der Waals surface area contributed by atoms with E-state index in [-0.39, 0.29) is 23.7 Å². The minimum Gasteiger partial charge on any atom is -0.272 e. The van der Waals surface area contributed by atoms with Gasteiger partial charge in [0, 0.05) is 24.8 Å². The number of amides is 1. The minimum absolute atomic E-state index is 0.0190. The number of benzene rings is 2. The van der Waals surface area contributed by atoms with E-state index in [9.17, 15) is 13.2 Å². The van der Waals surface area contributed by atoms with Crippen molar-refractivity contribution in [1.82, 2.24) is 4.31 Å². The van der Waals surface area contributed by atoms with Crippen molar-refractivity contribution >= 4 is 39.1 Å². The Morgan fingerprint density at radius 1 is 1.12 bits per heavy atom. The van der Waals surface area contributed by atoms with Crippen LogP contribution >= 0.6 is 23.2 Å². The molecule has 2 aromatic carbocycles. The highest BCUT2D eigenvalue weighted by atomic mass is 35.5. The third-order valence-electron chi connectivity index (χ3n) is 4.71. The van der Waals surface area contributed by atoms with Gasteiger partial charge in [-0.2, -0.15) is 0 Å². The van der Waals surface area contributed by atoms with Crippen LogP contribution in [0.5, 0.6) is 0 Å². The van der Waals surface area contributed by atoms with Crippen LogP contribution in [-0.2, 0) is 21.2 Å². The number of sulfonamides is 1. The second-order valence-corrected chi connectivity index (χ2v) is 9.38. The summed E-state index contributed by atoms with van der Waals surface area (Å²) < 4.78 is 26.8. The van der Waals surface area contributed by atoms with E-state index in [0.717, 1.165) is 15.4 Å². The summed E-state index contributed by atoms with van der Waals surface area (Å²) in [7, 11) is -3.97. The van der Waals surface area contributed by atoms with Crippen LogP contribution in [0.4, 0.5) is 0 Å². The van der Waals surface area contributed by atoms with E-state index in [4.69, 9.17) is 23.2 Å². The van der Waals surface area contributed by atoms with E-state index in [1.165, 1.54) is 12.1 Å². The lowest BCUT2D eigenvalue weighted by Crippen LogP contribution is -2.42. The van der Waals surface area contributed by atoms with Gasteiger partial charge < -0.3 is 0 Å². The quantitative estimate of drug-likeness (QED) is 0.706. The first-order chi connectivity index (χ1) is 12.3. The first-order valence-electron chi connectivity index (χ1n) is 8.21. The SMILES string of the molecule is Cc1ccc(S(=O)(=O)N2C[C@H](CCl)[C@@](Cl)(Cc3ccccc3)C2=O)cc1. The Morgan fingerprint density at radius 2 is 1.73 bits per heavy atom. The molecule has 0 N–H and O–H groups in total. The number of aryl methyl sites for hydroxylation is 1. The van der Waals surface area contributed by atoms with E-state index < -0.39 is 26.7 Å². The molecule has 3 rings (SSSR count). The minimum atomic E-state index is -3.97. The van der Waals surface area contributed by atoms with Crippen molar-refractivity contribution in [2.24, 2.45) is 5.92 Å². The highest BCUT2D eigenvalue weighted by Gasteiger charge is 2.56. The Morgan fingerprint density at radius 3 is 2.31 bits per heavy atom. The van der Waals surface area contributed by atoms with Gasteiger partial charge in [0.05, 0.1) is 4.90 Å². The van der Waals surface area contributed by atoms with Gasteiger partial charge in [-0.05, 0) is 24.6 Å². The Bertz CT molecular complexity index is 900. The maximum atomic E-state index is 13.0. The maximum Gasteiger partial charge on any atom is 0.266 e. The molecule has 138 valence electrons. The van der Waals surface area contributed by atoms with E-state index in [0.29, 0.717) is 0 Å². The van der Waals surface area contributed by atoms with Crippen LogP contribution in [0.1, 0.15) is 11.1 Å². The molecule has 2 aromatic rings. The Balaban J connectivity index is 1.96.